The second-order valence-corrected chi connectivity index (χ2v) is 2.65. The van der Waals surface area contributed by atoms with Gasteiger partial charge in [0.2, 0.25) is 0 Å². The van der Waals surface area contributed by atoms with Crippen molar-refractivity contribution in [2.24, 2.45) is 0 Å². The van der Waals surface area contributed by atoms with Crippen LogP contribution in [0.3, 0.4) is 0 Å². The summed E-state index contributed by atoms with van der Waals surface area (Å²) < 4.78 is 0.981. The van der Waals surface area contributed by atoms with Gasteiger partial charge in [0.25, 0.3) is 0 Å². The van der Waals surface area contributed by atoms with Crippen LogP contribution in [-0.2, 0) is 0 Å². The maximum Gasteiger partial charge on any atom is 0.113 e. The first-order chi connectivity index (χ1) is 4.83. The van der Waals surface area contributed by atoms with Crippen molar-refractivity contribution in [1.29, 1.82) is 0 Å². The first-order valence-electron chi connectivity index (χ1n) is 2.87. The van der Waals surface area contributed by atoms with Crippen LogP contribution >= 0.6 is 15.9 Å². The molecule has 0 unspecified atom stereocenters. The van der Waals surface area contributed by atoms with Crippen LogP contribution in [0.25, 0.3) is 0 Å². The molecule has 0 N–H and O–H groups in total. The van der Waals surface area contributed by atoms with Gasteiger partial charge in [-0.3, -0.25) is 0 Å². The van der Waals surface area contributed by atoms with Gasteiger partial charge < -0.3 is 0 Å². The second-order valence-electron chi connectivity index (χ2n) is 1.74. The molecule has 1 aromatic heterocycles. The SMILES string of the molecule is CC#Cc1ccc(Br)cn1. The van der Waals surface area contributed by atoms with E-state index >= 15 is 0 Å². The lowest BCUT2D eigenvalue weighted by atomic mass is 10.3. The van der Waals surface area contributed by atoms with E-state index in [1.807, 2.05) is 12.1 Å². The van der Waals surface area contributed by atoms with Crippen LogP contribution in [0.5, 0.6) is 0 Å². The Morgan fingerprint density at radius 2 is 2.30 bits per heavy atom. The van der Waals surface area contributed by atoms with Crippen molar-refractivity contribution < 1.29 is 0 Å². The molecule has 1 rings (SSSR count). The molecule has 2 heteroatoms. The first-order valence-corrected chi connectivity index (χ1v) is 3.66. The molecule has 1 aromatic rings. The zero-order valence-corrected chi connectivity index (χ0v) is 7.14. The van der Waals surface area contributed by atoms with Crippen LogP contribution in [0.2, 0.25) is 0 Å². The average Bonchev–Trinajstić information content (AvgIpc) is 1.95. The highest BCUT2D eigenvalue weighted by Gasteiger charge is 1.86. The Bertz CT molecular complexity index is 266. The van der Waals surface area contributed by atoms with E-state index in [2.05, 4.69) is 32.8 Å². The van der Waals surface area contributed by atoms with E-state index in [4.69, 9.17) is 0 Å². The topological polar surface area (TPSA) is 12.9 Å². The molecule has 1 nitrogen and oxygen atoms in total. The van der Waals surface area contributed by atoms with Gasteiger partial charge >= 0.3 is 0 Å². The molecule has 0 aromatic carbocycles. The van der Waals surface area contributed by atoms with Gasteiger partial charge in [0.1, 0.15) is 5.69 Å². The van der Waals surface area contributed by atoms with Crippen LogP contribution in [0.15, 0.2) is 22.8 Å². The maximum absolute atomic E-state index is 4.05. The van der Waals surface area contributed by atoms with E-state index in [0.717, 1.165) is 10.2 Å². The average molecular weight is 196 g/mol. The van der Waals surface area contributed by atoms with Gasteiger partial charge in [0, 0.05) is 10.7 Å². The molecule has 0 aliphatic carbocycles. The molecule has 0 saturated carbocycles. The van der Waals surface area contributed by atoms with E-state index in [-0.39, 0.29) is 0 Å². The Morgan fingerprint density at radius 3 is 2.80 bits per heavy atom. The van der Waals surface area contributed by atoms with E-state index in [9.17, 15) is 0 Å². The fourth-order valence-corrected chi connectivity index (χ4v) is 0.812. The summed E-state index contributed by atoms with van der Waals surface area (Å²) in [7, 11) is 0. The molecular formula is C8H6BrN. The molecular weight excluding hydrogens is 190 g/mol. The summed E-state index contributed by atoms with van der Waals surface area (Å²) in [5, 5.41) is 0. The van der Waals surface area contributed by atoms with Gasteiger partial charge in [-0.2, -0.15) is 0 Å². The summed E-state index contributed by atoms with van der Waals surface area (Å²) >= 11 is 3.29. The second kappa shape index (κ2) is 3.38. The number of hydrogen-bond acceptors (Lipinski definition) is 1. The number of aromatic nitrogens is 1. The minimum Gasteiger partial charge on any atom is -0.247 e. The predicted octanol–water partition coefficient (Wildman–Crippen LogP) is 2.22. The van der Waals surface area contributed by atoms with Gasteiger partial charge in [-0.05, 0) is 40.9 Å². The number of pyridine rings is 1. The molecule has 0 aliphatic rings. The number of rotatable bonds is 0. The van der Waals surface area contributed by atoms with Gasteiger partial charge in [0.15, 0.2) is 0 Å². The number of hydrogen-bond donors (Lipinski definition) is 0. The molecule has 1 heterocycles. The molecule has 50 valence electrons. The zero-order chi connectivity index (χ0) is 7.40. The van der Waals surface area contributed by atoms with Gasteiger partial charge in [-0.1, -0.05) is 5.92 Å². The van der Waals surface area contributed by atoms with Gasteiger partial charge in [-0.25, -0.2) is 4.98 Å². The van der Waals surface area contributed by atoms with Crippen molar-refractivity contribution >= 4 is 15.9 Å². The van der Waals surface area contributed by atoms with Crippen LogP contribution in [0.1, 0.15) is 12.6 Å². The van der Waals surface area contributed by atoms with Crippen molar-refractivity contribution in [3.63, 3.8) is 0 Å². The van der Waals surface area contributed by atoms with Crippen molar-refractivity contribution in [1.82, 2.24) is 4.98 Å². The molecule has 0 saturated heterocycles. The first kappa shape index (κ1) is 7.30. The summed E-state index contributed by atoms with van der Waals surface area (Å²) in [6.07, 6.45) is 1.74. The zero-order valence-electron chi connectivity index (χ0n) is 5.56. The van der Waals surface area contributed by atoms with E-state index < -0.39 is 0 Å². The van der Waals surface area contributed by atoms with Crippen LogP contribution in [0.4, 0.5) is 0 Å². The molecule has 0 aliphatic heterocycles. The van der Waals surface area contributed by atoms with Crippen molar-refractivity contribution in [2.75, 3.05) is 0 Å². The summed E-state index contributed by atoms with van der Waals surface area (Å²) in [6, 6.07) is 3.80. The highest BCUT2D eigenvalue weighted by Crippen LogP contribution is 2.06. The molecule has 0 atom stereocenters. The van der Waals surface area contributed by atoms with Crippen molar-refractivity contribution in [2.45, 2.75) is 6.92 Å². The number of nitrogens with zero attached hydrogens (tertiary/aromatic N) is 1. The monoisotopic (exact) mass is 195 g/mol. The van der Waals surface area contributed by atoms with Gasteiger partial charge in [-0.15, -0.1) is 0 Å². The largest absolute Gasteiger partial charge is 0.247 e. The van der Waals surface area contributed by atoms with Crippen LogP contribution in [-0.4, -0.2) is 4.98 Å². The summed E-state index contributed by atoms with van der Waals surface area (Å²) in [4.78, 5) is 4.05. The quantitative estimate of drug-likeness (QED) is 0.579. The fraction of sp³-hybridized carbons (Fsp3) is 0.125. The van der Waals surface area contributed by atoms with Crippen LogP contribution in [0, 0.1) is 11.8 Å². The smallest absolute Gasteiger partial charge is 0.113 e. The lowest BCUT2D eigenvalue weighted by molar-refractivity contribution is 1.27. The number of halogens is 1. The minimum absolute atomic E-state index is 0.811. The van der Waals surface area contributed by atoms with E-state index in [1.54, 1.807) is 13.1 Å². The Morgan fingerprint density at radius 1 is 1.50 bits per heavy atom. The summed E-state index contributed by atoms with van der Waals surface area (Å²) in [6.45, 7) is 1.80. The fourth-order valence-electron chi connectivity index (χ4n) is 0.578. The lowest BCUT2D eigenvalue weighted by Crippen LogP contribution is -1.78. The normalized spacial score (nSPS) is 8.20. The Labute approximate surface area is 68.6 Å². The van der Waals surface area contributed by atoms with E-state index in [1.165, 1.54) is 0 Å². The Balaban J connectivity index is 2.97. The molecule has 0 fully saturated rings. The summed E-state index contributed by atoms with van der Waals surface area (Å²) in [5.41, 5.74) is 0.811. The van der Waals surface area contributed by atoms with Crippen molar-refractivity contribution in [3.05, 3.63) is 28.5 Å². The standard InChI is InChI=1S/C8H6BrN/c1-2-3-8-5-4-7(9)6-10-8/h4-6H,1H3. The third kappa shape index (κ3) is 1.85. The van der Waals surface area contributed by atoms with Crippen molar-refractivity contribution in [3.8, 4) is 11.8 Å². The molecule has 0 spiro atoms. The highest BCUT2D eigenvalue weighted by molar-refractivity contribution is 9.10. The Hall–Kier alpha value is -0.810. The third-order valence-corrected chi connectivity index (χ3v) is 1.45. The van der Waals surface area contributed by atoms with E-state index in [0.29, 0.717) is 0 Å². The molecule has 10 heavy (non-hydrogen) atoms. The lowest BCUT2D eigenvalue weighted by Gasteiger charge is -1.87. The van der Waals surface area contributed by atoms with Crippen LogP contribution < -0.4 is 0 Å². The summed E-state index contributed by atoms with van der Waals surface area (Å²) in [5.74, 6) is 5.63. The van der Waals surface area contributed by atoms with Gasteiger partial charge in [0.05, 0.1) is 0 Å². The molecule has 0 bridgehead atoms. The predicted molar refractivity (Wildman–Crippen MR) is 44.5 cm³/mol. The minimum atomic E-state index is 0.811. The maximum atomic E-state index is 4.05. The molecule has 0 radical (unpaired) electrons. The Kier molecular flexibility index (Phi) is 2.47. The molecule has 0 amide bonds. The third-order valence-electron chi connectivity index (χ3n) is 0.980. The highest BCUT2D eigenvalue weighted by atomic mass is 79.9.